The van der Waals surface area contributed by atoms with Gasteiger partial charge in [0, 0.05) is 24.0 Å². The molecule has 1 aliphatic rings. The molecule has 0 radical (unpaired) electrons. The molecule has 31 heavy (non-hydrogen) atoms. The largest absolute Gasteiger partial charge is 0.481 e. The van der Waals surface area contributed by atoms with E-state index in [1.807, 2.05) is 29.6 Å². The molecule has 0 unspecified atom stereocenters. The van der Waals surface area contributed by atoms with E-state index < -0.39 is 6.10 Å². The van der Waals surface area contributed by atoms with Gasteiger partial charge in [0.15, 0.2) is 17.6 Å². The van der Waals surface area contributed by atoms with Crippen LogP contribution in [0.3, 0.4) is 0 Å². The Morgan fingerprint density at radius 1 is 1.19 bits per heavy atom. The van der Waals surface area contributed by atoms with Gasteiger partial charge in [0.05, 0.1) is 12.2 Å². The molecule has 1 fully saturated rings. The van der Waals surface area contributed by atoms with Crippen LogP contribution in [-0.2, 0) is 4.79 Å². The average molecular weight is 445 g/mol. The molecule has 164 valence electrons. The van der Waals surface area contributed by atoms with Crippen molar-refractivity contribution in [1.82, 2.24) is 30.0 Å². The molecule has 0 bridgehead atoms. The molecule has 3 aromatic rings. The van der Waals surface area contributed by atoms with Crippen LogP contribution in [0.2, 0.25) is 5.02 Å². The van der Waals surface area contributed by atoms with E-state index in [1.54, 1.807) is 31.2 Å². The minimum atomic E-state index is -0.566. The number of ether oxygens (including phenoxy) is 1. The van der Waals surface area contributed by atoms with Gasteiger partial charge in [0.25, 0.3) is 11.8 Å². The van der Waals surface area contributed by atoms with E-state index >= 15 is 0 Å². The van der Waals surface area contributed by atoms with Gasteiger partial charge in [-0.15, -0.1) is 5.10 Å². The van der Waals surface area contributed by atoms with Gasteiger partial charge in [-0.3, -0.25) is 4.79 Å². The van der Waals surface area contributed by atoms with Gasteiger partial charge in [0.2, 0.25) is 0 Å². The van der Waals surface area contributed by atoms with E-state index in [0.717, 1.165) is 12.8 Å². The summed E-state index contributed by atoms with van der Waals surface area (Å²) < 4.78 is 12.9. The topological polar surface area (TPSA) is 99.2 Å². The number of rotatable bonds is 6. The predicted molar refractivity (Wildman–Crippen MR) is 114 cm³/mol. The highest BCUT2D eigenvalue weighted by molar-refractivity contribution is 6.30. The van der Waals surface area contributed by atoms with Crippen LogP contribution < -0.4 is 4.74 Å². The third kappa shape index (κ3) is 4.87. The molecule has 1 amide bonds. The maximum absolute atomic E-state index is 12.8. The summed E-state index contributed by atoms with van der Waals surface area (Å²) in [5, 5.41) is 13.0. The number of piperidine rings is 1. The van der Waals surface area contributed by atoms with E-state index in [9.17, 15) is 4.79 Å². The Hall–Kier alpha value is -2.94. The van der Waals surface area contributed by atoms with Crippen LogP contribution in [0.5, 0.6) is 5.75 Å². The second-order valence-electron chi connectivity index (χ2n) is 7.97. The van der Waals surface area contributed by atoms with Crippen molar-refractivity contribution >= 4 is 17.5 Å². The number of benzene rings is 1. The van der Waals surface area contributed by atoms with E-state index in [-0.39, 0.29) is 17.9 Å². The average Bonchev–Trinajstić information content (AvgIpc) is 3.45. The highest BCUT2D eigenvalue weighted by Gasteiger charge is 2.28. The van der Waals surface area contributed by atoms with Gasteiger partial charge in [0.1, 0.15) is 5.75 Å². The molecule has 3 heterocycles. The van der Waals surface area contributed by atoms with Crippen molar-refractivity contribution < 1.29 is 14.1 Å². The number of hydrogen-bond acceptors (Lipinski definition) is 7. The number of nitrogens with zero attached hydrogens (tertiary/aromatic N) is 6. The number of halogens is 1. The van der Waals surface area contributed by atoms with Crippen LogP contribution in [-0.4, -0.2) is 55.1 Å². The van der Waals surface area contributed by atoms with Gasteiger partial charge in [-0.2, -0.15) is 4.98 Å². The lowest BCUT2D eigenvalue weighted by molar-refractivity contribution is -0.139. The first-order valence-corrected chi connectivity index (χ1v) is 10.8. The lowest BCUT2D eigenvalue weighted by Crippen LogP contribution is -2.45. The molecule has 9 nitrogen and oxygen atoms in total. The third-order valence-electron chi connectivity index (χ3n) is 5.31. The quantitative estimate of drug-likeness (QED) is 0.571. The smallest absolute Gasteiger partial charge is 0.280 e. The van der Waals surface area contributed by atoms with Crippen molar-refractivity contribution in [2.24, 2.45) is 0 Å². The van der Waals surface area contributed by atoms with Crippen molar-refractivity contribution in [3.63, 3.8) is 0 Å². The molecule has 4 rings (SSSR count). The van der Waals surface area contributed by atoms with Gasteiger partial charge in [-0.05, 0) is 44.0 Å². The fourth-order valence-electron chi connectivity index (χ4n) is 3.50. The summed E-state index contributed by atoms with van der Waals surface area (Å²) in [5.74, 6) is 1.79. The Bertz CT molecular complexity index is 1020. The minimum absolute atomic E-state index is 0.0280. The molecule has 1 aromatic carbocycles. The molecule has 0 spiro atoms. The zero-order chi connectivity index (χ0) is 22.0. The van der Waals surface area contributed by atoms with Crippen LogP contribution in [0.15, 0.2) is 35.0 Å². The van der Waals surface area contributed by atoms with Crippen molar-refractivity contribution in [1.29, 1.82) is 0 Å². The number of aromatic nitrogens is 5. The monoisotopic (exact) mass is 444 g/mol. The molecule has 1 atom stereocenters. The van der Waals surface area contributed by atoms with Gasteiger partial charge in [-0.1, -0.05) is 35.8 Å². The van der Waals surface area contributed by atoms with Crippen molar-refractivity contribution in [2.45, 2.75) is 51.7 Å². The predicted octanol–water partition coefficient (Wildman–Crippen LogP) is 3.74. The summed E-state index contributed by atoms with van der Waals surface area (Å²) in [7, 11) is 0. The molecule has 1 saturated heterocycles. The summed E-state index contributed by atoms with van der Waals surface area (Å²) in [6, 6.07) is 7.15. The van der Waals surface area contributed by atoms with Gasteiger partial charge >= 0.3 is 0 Å². The van der Waals surface area contributed by atoms with E-state index in [0.29, 0.717) is 41.3 Å². The fourth-order valence-corrected chi connectivity index (χ4v) is 3.63. The Labute approximate surface area is 185 Å². The van der Waals surface area contributed by atoms with Gasteiger partial charge in [-0.25, -0.2) is 4.68 Å². The SMILES string of the molecule is CC(C)c1noc(-c2cn(C3CCN(C(=O)[C@@H](C)Oc4ccc(Cl)cc4)CC3)nn2)n1. The van der Waals surface area contributed by atoms with Crippen LogP contribution in [0.4, 0.5) is 0 Å². The van der Waals surface area contributed by atoms with Gasteiger partial charge < -0.3 is 14.2 Å². The maximum atomic E-state index is 12.8. The lowest BCUT2D eigenvalue weighted by Gasteiger charge is -2.33. The second kappa shape index (κ2) is 9.05. The number of carbonyl (C=O) groups excluding carboxylic acids is 1. The summed E-state index contributed by atoms with van der Waals surface area (Å²) in [5.41, 5.74) is 0.558. The summed E-state index contributed by atoms with van der Waals surface area (Å²) in [6.07, 6.45) is 2.82. The third-order valence-corrected chi connectivity index (χ3v) is 5.56. The van der Waals surface area contributed by atoms with Crippen molar-refractivity contribution in [3.05, 3.63) is 41.3 Å². The van der Waals surface area contributed by atoms with E-state index in [2.05, 4.69) is 20.5 Å². The number of hydrogen-bond donors (Lipinski definition) is 0. The maximum Gasteiger partial charge on any atom is 0.280 e. The van der Waals surface area contributed by atoms with Crippen LogP contribution in [0.25, 0.3) is 11.6 Å². The molecule has 2 aromatic heterocycles. The first-order valence-electron chi connectivity index (χ1n) is 10.4. The van der Waals surface area contributed by atoms with Crippen LogP contribution in [0, 0.1) is 0 Å². The fraction of sp³-hybridized carbons (Fsp3) is 0.476. The molecule has 0 aliphatic carbocycles. The zero-order valence-electron chi connectivity index (χ0n) is 17.7. The Morgan fingerprint density at radius 3 is 2.55 bits per heavy atom. The summed E-state index contributed by atoms with van der Waals surface area (Å²) in [6.45, 7) is 7.03. The summed E-state index contributed by atoms with van der Waals surface area (Å²) >= 11 is 5.89. The first-order chi connectivity index (χ1) is 14.9. The molecule has 0 saturated carbocycles. The van der Waals surface area contributed by atoms with Crippen LogP contribution in [0.1, 0.15) is 51.4 Å². The second-order valence-corrected chi connectivity index (χ2v) is 8.40. The normalized spacial score (nSPS) is 16.0. The number of carbonyl (C=O) groups is 1. The lowest BCUT2D eigenvalue weighted by atomic mass is 10.0. The minimum Gasteiger partial charge on any atom is -0.481 e. The summed E-state index contributed by atoms with van der Waals surface area (Å²) in [4.78, 5) is 19.0. The molecular weight excluding hydrogens is 420 g/mol. The Kier molecular flexibility index (Phi) is 6.22. The standard InChI is InChI=1S/C21H25ClN6O3/c1-13(2)19-23-20(31-25-19)18-12-28(26-24-18)16-8-10-27(11-9-16)21(29)14(3)30-17-6-4-15(22)5-7-17/h4-7,12-14,16H,8-11H2,1-3H3/t14-/m1/s1. The molecular formula is C21H25ClN6O3. The van der Waals surface area contributed by atoms with Crippen molar-refractivity contribution in [2.75, 3.05) is 13.1 Å². The highest BCUT2D eigenvalue weighted by Crippen LogP contribution is 2.25. The molecule has 10 heteroatoms. The van der Waals surface area contributed by atoms with E-state index in [4.69, 9.17) is 20.9 Å². The zero-order valence-corrected chi connectivity index (χ0v) is 18.5. The highest BCUT2D eigenvalue weighted by atomic mass is 35.5. The van der Waals surface area contributed by atoms with E-state index in [1.165, 1.54) is 0 Å². The Morgan fingerprint density at radius 2 is 1.90 bits per heavy atom. The van der Waals surface area contributed by atoms with Crippen LogP contribution >= 0.6 is 11.6 Å². The van der Waals surface area contributed by atoms with Crippen molar-refractivity contribution in [3.8, 4) is 17.3 Å². The first kappa shape index (κ1) is 21.3. The number of amides is 1. The number of likely N-dealkylation sites (tertiary alicyclic amines) is 1. The molecule has 0 N–H and O–H groups in total. The molecule has 1 aliphatic heterocycles. The Balaban J connectivity index is 1.32.